The minimum atomic E-state index is 0.00805. The first-order valence-electron chi connectivity index (χ1n) is 10.4. The largest absolute Gasteiger partial charge is 0.383 e. The second-order valence-corrected chi connectivity index (χ2v) is 7.94. The highest BCUT2D eigenvalue weighted by atomic mass is 16.2. The lowest BCUT2D eigenvalue weighted by Gasteiger charge is -2.19. The van der Waals surface area contributed by atoms with Gasteiger partial charge in [-0.25, -0.2) is 0 Å². The van der Waals surface area contributed by atoms with Crippen LogP contribution < -0.4 is 5.32 Å². The number of nitrogens with one attached hydrogen (secondary N) is 1. The van der Waals surface area contributed by atoms with Crippen molar-refractivity contribution in [2.45, 2.75) is 13.0 Å². The third kappa shape index (κ3) is 4.69. The summed E-state index contributed by atoms with van der Waals surface area (Å²) < 4.78 is 0. The Balaban J connectivity index is 1.46. The first-order valence-corrected chi connectivity index (χ1v) is 10.4. The molecule has 1 aromatic heterocycles. The summed E-state index contributed by atoms with van der Waals surface area (Å²) in [6.45, 7) is 3.87. The summed E-state index contributed by atoms with van der Waals surface area (Å²) in [6.07, 6.45) is 3.04. The van der Waals surface area contributed by atoms with E-state index >= 15 is 0 Å². The van der Waals surface area contributed by atoms with Crippen molar-refractivity contribution in [1.29, 1.82) is 0 Å². The Morgan fingerprint density at radius 3 is 2.60 bits per heavy atom. The number of carbonyl (C=O) groups is 1. The predicted octanol–water partition coefficient (Wildman–Crippen LogP) is 3.92. The number of fused-ring (bicyclic) bond motifs is 1. The Labute approximate surface area is 178 Å². The summed E-state index contributed by atoms with van der Waals surface area (Å²) in [4.78, 5) is 20.9. The summed E-state index contributed by atoms with van der Waals surface area (Å²) in [5.74, 6) is 0.00805. The van der Waals surface area contributed by atoms with E-state index < -0.39 is 0 Å². The number of rotatable bonds is 5. The van der Waals surface area contributed by atoms with Gasteiger partial charge in [-0.2, -0.15) is 0 Å². The summed E-state index contributed by atoms with van der Waals surface area (Å²) in [5.41, 5.74) is 6.37. The van der Waals surface area contributed by atoms with E-state index in [9.17, 15) is 4.79 Å². The molecular weight excluding hydrogens is 372 g/mol. The molecule has 30 heavy (non-hydrogen) atoms. The van der Waals surface area contributed by atoms with Crippen LogP contribution in [0.1, 0.15) is 21.5 Å². The van der Waals surface area contributed by atoms with Gasteiger partial charge in [0, 0.05) is 68.8 Å². The van der Waals surface area contributed by atoms with Gasteiger partial charge in [-0.05, 0) is 30.2 Å². The van der Waals surface area contributed by atoms with E-state index in [-0.39, 0.29) is 5.91 Å². The van der Waals surface area contributed by atoms with Gasteiger partial charge < -0.3 is 10.2 Å². The highest BCUT2D eigenvalue weighted by Crippen LogP contribution is 2.26. The first-order chi connectivity index (χ1) is 14.6. The quantitative estimate of drug-likeness (QED) is 0.705. The maximum Gasteiger partial charge on any atom is 0.253 e. The number of pyridine rings is 1. The molecule has 2 aromatic carbocycles. The van der Waals surface area contributed by atoms with Crippen LogP contribution in [0.4, 0.5) is 5.69 Å². The third-order valence-electron chi connectivity index (χ3n) is 5.52. The van der Waals surface area contributed by atoms with E-state index in [1.54, 1.807) is 19.0 Å². The maximum absolute atomic E-state index is 12.1. The highest BCUT2D eigenvalue weighted by Gasteiger charge is 2.16. The zero-order valence-corrected chi connectivity index (χ0v) is 17.6. The Kier molecular flexibility index (Phi) is 6.10. The van der Waals surface area contributed by atoms with Crippen LogP contribution in [-0.4, -0.2) is 54.4 Å². The van der Waals surface area contributed by atoms with Crippen LogP contribution in [0.5, 0.6) is 0 Å². The zero-order valence-electron chi connectivity index (χ0n) is 17.6. The molecule has 0 radical (unpaired) electrons. The van der Waals surface area contributed by atoms with Gasteiger partial charge in [0.25, 0.3) is 5.91 Å². The lowest BCUT2D eigenvalue weighted by atomic mass is 10.1. The molecule has 0 fully saturated rings. The van der Waals surface area contributed by atoms with Gasteiger partial charge in [0.2, 0.25) is 0 Å². The van der Waals surface area contributed by atoms with E-state index in [0.717, 1.165) is 49.5 Å². The molecule has 1 amide bonds. The van der Waals surface area contributed by atoms with Gasteiger partial charge in [-0.1, -0.05) is 42.5 Å². The van der Waals surface area contributed by atoms with Crippen LogP contribution >= 0.6 is 0 Å². The summed E-state index contributed by atoms with van der Waals surface area (Å²) in [7, 11) is 3.53. The Morgan fingerprint density at radius 2 is 1.87 bits per heavy atom. The average molecular weight is 401 g/mol. The summed E-state index contributed by atoms with van der Waals surface area (Å²) in [5, 5.41) is 3.57. The van der Waals surface area contributed by atoms with Crippen molar-refractivity contribution in [3.05, 3.63) is 83.6 Å². The fraction of sp³-hybridized carbons (Fsp3) is 0.280. The van der Waals surface area contributed by atoms with Crippen molar-refractivity contribution < 1.29 is 4.79 Å². The third-order valence-corrected chi connectivity index (χ3v) is 5.52. The predicted molar refractivity (Wildman–Crippen MR) is 122 cm³/mol. The molecule has 0 bridgehead atoms. The van der Waals surface area contributed by atoms with Crippen LogP contribution in [0, 0.1) is 0 Å². The van der Waals surface area contributed by atoms with Crippen LogP contribution in [0.15, 0.2) is 66.9 Å². The molecule has 0 saturated heterocycles. The Morgan fingerprint density at radius 1 is 1.10 bits per heavy atom. The van der Waals surface area contributed by atoms with Crippen molar-refractivity contribution in [3.8, 4) is 11.3 Å². The normalized spacial score (nSPS) is 13.8. The van der Waals surface area contributed by atoms with Crippen molar-refractivity contribution in [3.63, 3.8) is 0 Å². The van der Waals surface area contributed by atoms with Gasteiger partial charge in [0.05, 0.1) is 5.69 Å². The maximum atomic E-state index is 12.1. The van der Waals surface area contributed by atoms with Gasteiger partial charge in [0.1, 0.15) is 0 Å². The van der Waals surface area contributed by atoms with Crippen LogP contribution in [0.3, 0.4) is 0 Å². The SMILES string of the molecule is CN(C)C(=O)c1ccc(-c2cc3c(cn2)CN(CCc2ccccc2)CCN3)cc1. The first kappa shape index (κ1) is 20.1. The molecule has 0 atom stereocenters. The number of hydrogen-bond acceptors (Lipinski definition) is 4. The fourth-order valence-corrected chi connectivity index (χ4v) is 3.77. The van der Waals surface area contributed by atoms with Gasteiger partial charge in [-0.3, -0.25) is 14.7 Å². The Bertz CT molecular complexity index is 999. The van der Waals surface area contributed by atoms with Crippen molar-refractivity contribution in [2.75, 3.05) is 39.0 Å². The van der Waals surface area contributed by atoms with Crippen LogP contribution in [-0.2, 0) is 13.0 Å². The second-order valence-electron chi connectivity index (χ2n) is 7.94. The highest BCUT2D eigenvalue weighted by molar-refractivity contribution is 5.94. The number of benzene rings is 2. The van der Waals surface area contributed by atoms with Crippen molar-refractivity contribution in [2.24, 2.45) is 0 Å². The molecule has 3 aromatic rings. The molecule has 1 N–H and O–H groups in total. The van der Waals surface area contributed by atoms with Gasteiger partial charge >= 0.3 is 0 Å². The van der Waals surface area contributed by atoms with Crippen molar-refractivity contribution >= 4 is 11.6 Å². The lowest BCUT2D eigenvalue weighted by molar-refractivity contribution is 0.0827. The second kappa shape index (κ2) is 9.09. The number of aromatic nitrogens is 1. The molecular formula is C25H28N4O. The summed E-state index contributed by atoms with van der Waals surface area (Å²) >= 11 is 0. The number of carbonyl (C=O) groups excluding carboxylic acids is 1. The Hall–Kier alpha value is -3.18. The molecule has 5 nitrogen and oxygen atoms in total. The topological polar surface area (TPSA) is 48.5 Å². The smallest absolute Gasteiger partial charge is 0.253 e. The molecule has 4 rings (SSSR count). The van der Waals surface area contributed by atoms with Gasteiger partial charge in [0.15, 0.2) is 0 Å². The van der Waals surface area contributed by atoms with Crippen molar-refractivity contribution in [1.82, 2.24) is 14.8 Å². The standard InChI is InChI=1S/C25H28N4O/c1-28(2)25(30)21-10-8-20(9-11-21)23-16-24-22(17-27-23)18-29(15-13-26-24)14-12-19-6-4-3-5-7-19/h3-11,16-17,26H,12-15,18H2,1-2H3. The molecule has 1 aliphatic heterocycles. The number of nitrogens with zero attached hydrogens (tertiary/aromatic N) is 3. The zero-order chi connectivity index (χ0) is 20.9. The molecule has 0 saturated carbocycles. The number of hydrogen-bond donors (Lipinski definition) is 1. The van der Waals surface area contributed by atoms with Crippen LogP contribution in [0.2, 0.25) is 0 Å². The van der Waals surface area contributed by atoms with E-state index in [2.05, 4.69) is 46.6 Å². The monoisotopic (exact) mass is 400 g/mol. The minimum absolute atomic E-state index is 0.00805. The average Bonchev–Trinajstić information content (AvgIpc) is 2.99. The number of anilines is 1. The summed E-state index contributed by atoms with van der Waals surface area (Å²) in [6, 6.07) is 20.4. The lowest BCUT2D eigenvalue weighted by Crippen LogP contribution is -2.28. The van der Waals surface area contributed by atoms with E-state index in [0.29, 0.717) is 5.56 Å². The molecule has 154 valence electrons. The van der Waals surface area contributed by atoms with E-state index in [1.165, 1.54) is 11.1 Å². The molecule has 2 heterocycles. The van der Waals surface area contributed by atoms with Gasteiger partial charge in [-0.15, -0.1) is 0 Å². The molecule has 5 heteroatoms. The fourth-order valence-electron chi connectivity index (χ4n) is 3.77. The van der Waals surface area contributed by atoms with Crippen LogP contribution in [0.25, 0.3) is 11.3 Å². The molecule has 0 unspecified atom stereocenters. The molecule has 0 spiro atoms. The van der Waals surface area contributed by atoms with E-state index in [4.69, 9.17) is 4.98 Å². The number of amides is 1. The van der Waals surface area contributed by atoms with E-state index in [1.807, 2.05) is 30.5 Å². The minimum Gasteiger partial charge on any atom is -0.383 e. The molecule has 1 aliphatic rings. The molecule has 0 aliphatic carbocycles.